The highest BCUT2D eigenvalue weighted by Gasteiger charge is 2.57. The predicted molar refractivity (Wildman–Crippen MR) is 376 cm³/mol. The Morgan fingerprint density at radius 2 is 0.490 bits per heavy atom. The average Bonchev–Trinajstić information content (AvgIpc) is 0.763. The summed E-state index contributed by atoms with van der Waals surface area (Å²) in [4.78, 5) is 0. The average molecular weight is 1360 g/mol. The van der Waals surface area contributed by atoms with Gasteiger partial charge < -0.3 is 76.2 Å². The zero-order valence-corrected chi connectivity index (χ0v) is 56.2. The molecule has 0 aliphatic carbocycles. The molecule has 3 saturated heterocycles. The van der Waals surface area contributed by atoms with Gasteiger partial charge in [0.1, 0.15) is 73.2 Å². The van der Waals surface area contributed by atoms with Gasteiger partial charge in [-0.1, -0.05) is 279 Å². The summed E-state index contributed by atoms with van der Waals surface area (Å²) in [5.74, 6) is 0. The van der Waals surface area contributed by atoms with Crippen molar-refractivity contribution in [2.24, 2.45) is 0 Å². The minimum Gasteiger partial charge on any atom is -0.385 e. The minimum atomic E-state index is -1.53. The standard InChI is InChI=1S/C84H90O16/c1-2-48-89-83-80(78(94-56-68-44-26-10-27-45-68)75(91-53-65-38-20-7-21-39-65)71(97-83)59-87-50-62-32-14-4-15-33-62)100-84-81(79(95-57-69-46-28-11-29-47-69)76(92-54-66-40-22-8-23-41-66)72(98-84)60-88-51-63-34-16-5-17-35-63)99-82-73(85)77(93-55-67-42-24-9-25-43-67)74(90-52-64-36-18-6-19-37-64)70(96-82)58-86-49-61-30-12-3-13-31-61/h2-47,70-85H,1,48-60H2/t70-,71-,72-,73-,74-,75-,76-,77-,78+,79+,80+,81+,82+,83+,84-/m1/s1. The van der Waals surface area contributed by atoms with Crippen LogP contribution in [-0.4, -0.2) is 124 Å². The molecule has 1 N–H and O–H groups in total. The van der Waals surface area contributed by atoms with E-state index in [1.807, 2.05) is 273 Å². The molecule has 12 rings (SSSR count). The van der Waals surface area contributed by atoms with Gasteiger partial charge >= 0.3 is 0 Å². The van der Waals surface area contributed by atoms with E-state index in [0.29, 0.717) is 6.61 Å². The maximum atomic E-state index is 13.4. The molecule has 3 heterocycles. The Kier molecular flexibility index (Phi) is 27.9. The molecule has 0 amide bonds. The van der Waals surface area contributed by atoms with Gasteiger partial charge in [0, 0.05) is 0 Å². The van der Waals surface area contributed by atoms with Crippen molar-refractivity contribution in [1.82, 2.24) is 0 Å². The molecule has 16 nitrogen and oxygen atoms in total. The Morgan fingerprint density at radius 3 is 0.790 bits per heavy atom. The first-order valence-electron chi connectivity index (χ1n) is 34.4. The van der Waals surface area contributed by atoms with E-state index in [2.05, 4.69) is 6.58 Å². The molecule has 3 aliphatic heterocycles. The van der Waals surface area contributed by atoms with Crippen LogP contribution in [0.3, 0.4) is 0 Å². The van der Waals surface area contributed by atoms with Crippen molar-refractivity contribution < 1.29 is 76.2 Å². The molecule has 3 aliphatic rings. The highest BCUT2D eigenvalue weighted by atomic mass is 16.8. The minimum absolute atomic E-state index is 0.000472. The molecule has 100 heavy (non-hydrogen) atoms. The van der Waals surface area contributed by atoms with E-state index in [-0.39, 0.29) is 79.3 Å². The number of benzene rings is 9. The maximum Gasteiger partial charge on any atom is 0.187 e. The summed E-state index contributed by atoms with van der Waals surface area (Å²) in [6.07, 6.45) is -15.0. The summed E-state index contributed by atoms with van der Waals surface area (Å²) in [6, 6.07) is 89.0. The van der Waals surface area contributed by atoms with Gasteiger partial charge in [-0.25, -0.2) is 0 Å². The van der Waals surface area contributed by atoms with Crippen LogP contribution in [0, 0.1) is 0 Å². The second kappa shape index (κ2) is 38.8. The summed E-state index contributed by atoms with van der Waals surface area (Å²) in [5.41, 5.74) is 8.27. The molecule has 3 fully saturated rings. The third-order valence-electron chi connectivity index (χ3n) is 17.7. The van der Waals surface area contributed by atoms with Gasteiger partial charge in [-0.15, -0.1) is 6.58 Å². The van der Waals surface area contributed by atoms with Gasteiger partial charge in [0.05, 0.1) is 85.9 Å². The van der Waals surface area contributed by atoms with Crippen LogP contribution in [0.25, 0.3) is 0 Å². The molecule has 0 saturated carbocycles. The Labute approximate surface area is 587 Å². The van der Waals surface area contributed by atoms with E-state index in [4.69, 9.17) is 71.1 Å². The first-order valence-corrected chi connectivity index (χ1v) is 34.4. The second-order valence-corrected chi connectivity index (χ2v) is 25.0. The van der Waals surface area contributed by atoms with Crippen LogP contribution in [0.5, 0.6) is 0 Å². The number of rotatable bonds is 37. The van der Waals surface area contributed by atoms with E-state index >= 15 is 0 Å². The Morgan fingerprint density at radius 1 is 0.260 bits per heavy atom. The van der Waals surface area contributed by atoms with Crippen molar-refractivity contribution in [1.29, 1.82) is 0 Å². The first kappa shape index (κ1) is 71.9. The SMILES string of the molecule is C=CCO[C@H]1O[C@H](COCc2ccccc2)[C@@H](OCc2ccccc2)[C@H](OCc2ccccc2)[C@@H]1O[C@H]1O[C@H](COCc2ccccc2)[C@@H](OCc2ccccc2)[C@H](OCc2ccccc2)[C@@H]1O[C@@H]1O[C@H](COCc2ccccc2)[C@@H](OCc2ccccc2)[C@H](OCc2ccccc2)[C@H]1O. The van der Waals surface area contributed by atoms with Crippen LogP contribution < -0.4 is 0 Å². The molecule has 9 aromatic rings. The molecule has 16 heteroatoms. The van der Waals surface area contributed by atoms with E-state index in [1.54, 1.807) is 6.08 Å². The van der Waals surface area contributed by atoms with Crippen LogP contribution in [0.2, 0.25) is 0 Å². The zero-order valence-electron chi connectivity index (χ0n) is 56.2. The van der Waals surface area contributed by atoms with Crippen molar-refractivity contribution in [3.05, 3.63) is 336 Å². The van der Waals surface area contributed by atoms with Crippen molar-refractivity contribution in [2.75, 3.05) is 26.4 Å². The molecule has 0 unspecified atom stereocenters. The fourth-order valence-corrected chi connectivity index (χ4v) is 12.5. The maximum absolute atomic E-state index is 13.4. The lowest BCUT2D eigenvalue weighted by Crippen LogP contribution is -2.68. The fourth-order valence-electron chi connectivity index (χ4n) is 12.5. The third-order valence-corrected chi connectivity index (χ3v) is 17.7. The first-order chi connectivity index (χ1) is 49.5. The third kappa shape index (κ3) is 21.1. The normalized spacial score (nSPS) is 25.3. The largest absolute Gasteiger partial charge is 0.385 e. The molecular formula is C84H90O16. The fraction of sp³-hybridized carbons (Fsp3) is 0.333. The summed E-state index contributed by atoms with van der Waals surface area (Å²) >= 11 is 0. The lowest BCUT2D eigenvalue weighted by Gasteiger charge is -2.51. The Balaban J connectivity index is 0.972. The monoisotopic (exact) mass is 1350 g/mol. The van der Waals surface area contributed by atoms with Crippen LogP contribution in [0.4, 0.5) is 0 Å². The molecule has 0 spiro atoms. The van der Waals surface area contributed by atoms with Gasteiger partial charge in [0.15, 0.2) is 18.9 Å². The second-order valence-electron chi connectivity index (χ2n) is 25.0. The van der Waals surface area contributed by atoms with E-state index in [1.165, 1.54) is 0 Å². The summed E-state index contributed by atoms with van der Waals surface area (Å²) < 4.78 is 106. The predicted octanol–water partition coefficient (Wildman–Crippen LogP) is 13.7. The Bertz CT molecular complexity index is 3690. The highest BCUT2D eigenvalue weighted by Crippen LogP contribution is 2.39. The number of aliphatic hydroxyl groups excluding tert-OH is 1. The van der Waals surface area contributed by atoms with Crippen molar-refractivity contribution in [3.8, 4) is 0 Å². The summed E-state index contributed by atoms with van der Waals surface area (Å²) in [7, 11) is 0. The number of aliphatic hydroxyl groups is 1. The smallest absolute Gasteiger partial charge is 0.187 e. The van der Waals surface area contributed by atoms with Gasteiger partial charge in [-0.3, -0.25) is 0 Å². The molecule has 9 aromatic carbocycles. The van der Waals surface area contributed by atoms with E-state index < -0.39 is 92.1 Å². The summed E-state index contributed by atoms with van der Waals surface area (Å²) in [6.45, 7) is 5.84. The number of ether oxygens (including phenoxy) is 15. The van der Waals surface area contributed by atoms with Gasteiger partial charge in [0.2, 0.25) is 0 Å². The van der Waals surface area contributed by atoms with Crippen molar-refractivity contribution >= 4 is 0 Å². The van der Waals surface area contributed by atoms with Gasteiger partial charge in [-0.2, -0.15) is 0 Å². The van der Waals surface area contributed by atoms with Crippen molar-refractivity contribution in [2.45, 2.75) is 152 Å². The quantitative estimate of drug-likeness (QED) is 0.0366. The van der Waals surface area contributed by atoms with Crippen molar-refractivity contribution in [3.63, 3.8) is 0 Å². The highest BCUT2D eigenvalue weighted by molar-refractivity contribution is 5.21. The number of hydrogen-bond donors (Lipinski definition) is 1. The number of hydrogen-bond acceptors (Lipinski definition) is 16. The molecule has 0 bridgehead atoms. The van der Waals surface area contributed by atoms with Crippen LogP contribution in [-0.2, 0) is 131 Å². The van der Waals surface area contributed by atoms with Crippen LogP contribution in [0.1, 0.15) is 50.1 Å². The molecule has 0 aromatic heterocycles. The molecule has 0 radical (unpaired) electrons. The topological polar surface area (TPSA) is 159 Å². The Hall–Kier alpha value is -7.92. The van der Waals surface area contributed by atoms with Gasteiger partial charge in [-0.05, 0) is 50.1 Å². The van der Waals surface area contributed by atoms with Crippen LogP contribution in [0.15, 0.2) is 286 Å². The molecule has 522 valence electrons. The lowest BCUT2D eigenvalue weighted by molar-refractivity contribution is -0.404. The molecular weight excluding hydrogens is 1260 g/mol. The van der Waals surface area contributed by atoms with E-state index in [9.17, 15) is 5.11 Å². The zero-order chi connectivity index (χ0) is 68.2. The van der Waals surface area contributed by atoms with E-state index in [0.717, 1.165) is 50.1 Å². The summed E-state index contributed by atoms with van der Waals surface area (Å²) in [5, 5.41) is 13.4. The lowest BCUT2D eigenvalue weighted by atomic mass is 9.95. The molecule has 15 atom stereocenters. The van der Waals surface area contributed by atoms with Gasteiger partial charge in [0.25, 0.3) is 0 Å². The van der Waals surface area contributed by atoms with Crippen LogP contribution >= 0.6 is 0 Å².